The molecule has 1 fully saturated rings. The quantitative estimate of drug-likeness (QED) is 0.684. The fourth-order valence-corrected chi connectivity index (χ4v) is 3.90. The van der Waals surface area contributed by atoms with Crippen LogP contribution in [0, 0.1) is 0 Å². The minimum Gasteiger partial charge on any atom is -0.495 e. The van der Waals surface area contributed by atoms with Crippen molar-refractivity contribution < 1.29 is 4.74 Å². The number of ether oxygens (including phenoxy) is 1. The molecule has 1 aromatic rings. The van der Waals surface area contributed by atoms with Gasteiger partial charge in [0.2, 0.25) is 0 Å². The van der Waals surface area contributed by atoms with Crippen LogP contribution in [0.5, 0.6) is 5.75 Å². The van der Waals surface area contributed by atoms with Crippen molar-refractivity contribution in [3.8, 4) is 5.75 Å². The van der Waals surface area contributed by atoms with Gasteiger partial charge in [0.15, 0.2) is 5.11 Å². The molecule has 3 nitrogen and oxygen atoms in total. The maximum Gasteiger partial charge on any atom is 0.171 e. The third-order valence-electron chi connectivity index (χ3n) is 3.43. The standard InChI is InChI=1S/C14H18Br2N2OS/c1-19-13-8-12(10(15)7-11(13)16)18-14(20)17-9-5-3-2-4-6-9/h7-9H,2-6H2,1H3,(H2,17,18,20). The number of anilines is 1. The second kappa shape index (κ2) is 7.61. The Morgan fingerprint density at radius 3 is 2.55 bits per heavy atom. The molecule has 1 aliphatic rings. The van der Waals surface area contributed by atoms with E-state index in [1.165, 1.54) is 32.1 Å². The van der Waals surface area contributed by atoms with E-state index in [1.807, 2.05) is 12.1 Å². The molecule has 0 aromatic heterocycles. The second-order valence-electron chi connectivity index (χ2n) is 4.90. The minimum atomic E-state index is 0.500. The van der Waals surface area contributed by atoms with Gasteiger partial charge in [-0.15, -0.1) is 0 Å². The van der Waals surface area contributed by atoms with Gasteiger partial charge in [0.25, 0.3) is 0 Å². The van der Waals surface area contributed by atoms with Gasteiger partial charge >= 0.3 is 0 Å². The predicted molar refractivity (Wildman–Crippen MR) is 94.6 cm³/mol. The number of halogens is 2. The largest absolute Gasteiger partial charge is 0.495 e. The minimum absolute atomic E-state index is 0.500. The second-order valence-corrected chi connectivity index (χ2v) is 7.02. The van der Waals surface area contributed by atoms with Gasteiger partial charge in [-0.05, 0) is 63.0 Å². The Labute approximate surface area is 142 Å². The molecule has 0 atom stereocenters. The number of hydrogen-bond donors (Lipinski definition) is 2. The van der Waals surface area contributed by atoms with Crippen LogP contribution >= 0.6 is 44.1 Å². The Morgan fingerprint density at radius 2 is 1.90 bits per heavy atom. The summed E-state index contributed by atoms with van der Waals surface area (Å²) in [7, 11) is 1.65. The van der Waals surface area contributed by atoms with Crippen LogP contribution in [0.25, 0.3) is 0 Å². The Kier molecular flexibility index (Phi) is 6.11. The fraction of sp³-hybridized carbons (Fsp3) is 0.500. The summed E-state index contributed by atoms with van der Waals surface area (Å²) in [6, 6.07) is 4.37. The normalized spacial score (nSPS) is 15.8. The van der Waals surface area contributed by atoms with Gasteiger partial charge in [-0.25, -0.2) is 0 Å². The summed E-state index contributed by atoms with van der Waals surface area (Å²) in [4.78, 5) is 0. The van der Waals surface area contributed by atoms with Crippen LogP contribution in [-0.2, 0) is 0 Å². The average Bonchev–Trinajstić information content (AvgIpc) is 2.43. The zero-order chi connectivity index (χ0) is 14.5. The van der Waals surface area contributed by atoms with Crippen molar-refractivity contribution in [2.75, 3.05) is 12.4 Å². The van der Waals surface area contributed by atoms with E-state index < -0.39 is 0 Å². The van der Waals surface area contributed by atoms with Gasteiger partial charge < -0.3 is 15.4 Å². The molecule has 0 bridgehead atoms. The van der Waals surface area contributed by atoms with E-state index in [-0.39, 0.29) is 0 Å². The number of rotatable bonds is 3. The summed E-state index contributed by atoms with van der Waals surface area (Å²) in [5.41, 5.74) is 0.901. The van der Waals surface area contributed by atoms with E-state index in [2.05, 4.69) is 42.5 Å². The van der Waals surface area contributed by atoms with Crippen LogP contribution in [0.2, 0.25) is 0 Å². The highest BCUT2D eigenvalue weighted by Gasteiger charge is 2.15. The maximum absolute atomic E-state index is 5.39. The number of thiocarbonyl (C=S) groups is 1. The van der Waals surface area contributed by atoms with Crippen molar-refractivity contribution in [2.24, 2.45) is 0 Å². The average molecular weight is 422 g/mol. The van der Waals surface area contributed by atoms with E-state index in [4.69, 9.17) is 17.0 Å². The Morgan fingerprint density at radius 1 is 1.20 bits per heavy atom. The molecule has 2 rings (SSSR count). The highest BCUT2D eigenvalue weighted by atomic mass is 79.9. The highest BCUT2D eigenvalue weighted by molar-refractivity contribution is 9.11. The first-order chi connectivity index (χ1) is 9.60. The Hall–Kier alpha value is -0.330. The summed E-state index contributed by atoms with van der Waals surface area (Å²) < 4.78 is 7.15. The zero-order valence-electron chi connectivity index (χ0n) is 11.3. The van der Waals surface area contributed by atoms with E-state index in [9.17, 15) is 0 Å². The van der Waals surface area contributed by atoms with E-state index in [0.717, 1.165) is 20.4 Å². The molecule has 0 amide bonds. The van der Waals surface area contributed by atoms with Crippen molar-refractivity contribution in [1.82, 2.24) is 5.32 Å². The number of benzene rings is 1. The van der Waals surface area contributed by atoms with Crippen molar-refractivity contribution in [3.63, 3.8) is 0 Å². The molecule has 0 saturated heterocycles. The molecule has 0 spiro atoms. The third-order valence-corrected chi connectivity index (χ3v) is 4.93. The van der Waals surface area contributed by atoms with Crippen molar-refractivity contribution in [2.45, 2.75) is 38.1 Å². The molecule has 0 heterocycles. The molecule has 2 N–H and O–H groups in total. The fourth-order valence-electron chi connectivity index (χ4n) is 2.37. The maximum atomic E-state index is 5.39. The van der Waals surface area contributed by atoms with Crippen LogP contribution in [0.15, 0.2) is 21.1 Å². The molecule has 20 heavy (non-hydrogen) atoms. The molecule has 1 aromatic carbocycles. The van der Waals surface area contributed by atoms with Gasteiger partial charge in [0.05, 0.1) is 17.3 Å². The lowest BCUT2D eigenvalue weighted by atomic mass is 9.96. The zero-order valence-corrected chi connectivity index (χ0v) is 15.3. The monoisotopic (exact) mass is 420 g/mol. The van der Waals surface area contributed by atoms with Gasteiger partial charge in [0, 0.05) is 16.6 Å². The SMILES string of the molecule is COc1cc(NC(=S)NC2CCCCC2)c(Br)cc1Br. The van der Waals surface area contributed by atoms with Gasteiger partial charge in [0.1, 0.15) is 5.75 Å². The number of nitrogens with one attached hydrogen (secondary N) is 2. The molecule has 0 radical (unpaired) electrons. The molecule has 0 unspecified atom stereocenters. The molecular formula is C14H18Br2N2OS. The first-order valence-corrected chi connectivity index (χ1v) is 8.70. The molecule has 1 saturated carbocycles. The predicted octanol–water partition coefficient (Wildman–Crippen LogP) is 4.84. The van der Waals surface area contributed by atoms with Crippen molar-refractivity contribution in [3.05, 3.63) is 21.1 Å². The summed E-state index contributed by atoms with van der Waals surface area (Å²) in [6.07, 6.45) is 6.32. The first-order valence-electron chi connectivity index (χ1n) is 6.70. The van der Waals surface area contributed by atoms with Crippen LogP contribution in [-0.4, -0.2) is 18.3 Å². The van der Waals surface area contributed by atoms with Crippen molar-refractivity contribution >= 4 is 54.9 Å². The molecule has 1 aliphatic carbocycles. The summed E-state index contributed by atoms with van der Waals surface area (Å²) in [5, 5.41) is 7.29. The van der Waals surface area contributed by atoms with Crippen LogP contribution in [0.3, 0.4) is 0 Å². The smallest absolute Gasteiger partial charge is 0.171 e. The lowest BCUT2D eigenvalue weighted by Gasteiger charge is -2.24. The van der Waals surface area contributed by atoms with Crippen LogP contribution in [0.1, 0.15) is 32.1 Å². The summed E-state index contributed by atoms with van der Waals surface area (Å²) in [5.74, 6) is 0.774. The Balaban J connectivity index is 1.99. The number of hydrogen-bond acceptors (Lipinski definition) is 2. The molecule has 6 heteroatoms. The van der Waals surface area contributed by atoms with Crippen molar-refractivity contribution in [1.29, 1.82) is 0 Å². The number of methoxy groups -OCH3 is 1. The van der Waals surface area contributed by atoms with E-state index in [1.54, 1.807) is 7.11 Å². The molecule has 0 aliphatic heterocycles. The van der Waals surface area contributed by atoms with Crippen LogP contribution in [0.4, 0.5) is 5.69 Å². The van der Waals surface area contributed by atoms with Gasteiger partial charge in [-0.2, -0.15) is 0 Å². The highest BCUT2D eigenvalue weighted by Crippen LogP contribution is 2.34. The third kappa shape index (κ3) is 4.33. The molecular weight excluding hydrogens is 404 g/mol. The molecule has 110 valence electrons. The van der Waals surface area contributed by atoms with Gasteiger partial charge in [-0.3, -0.25) is 0 Å². The summed E-state index contributed by atoms with van der Waals surface area (Å²) >= 11 is 12.4. The summed E-state index contributed by atoms with van der Waals surface area (Å²) in [6.45, 7) is 0. The lowest BCUT2D eigenvalue weighted by Crippen LogP contribution is -2.38. The Bertz CT molecular complexity index is 490. The first kappa shape index (κ1) is 16.0. The van der Waals surface area contributed by atoms with Crippen LogP contribution < -0.4 is 15.4 Å². The lowest BCUT2D eigenvalue weighted by molar-refractivity contribution is 0.412. The topological polar surface area (TPSA) is 33.3 Å². The van der Waals surface area contributed by atoms with E-state index in [0.29, 0.717) is 11.2 Å². The van der Waals surface area contributed by atoms with E-state index >= 15 is 0 Å². The van der Waals surface area contributed by atoms with Gasteiger partial charge in [-0.1, -0.05) is 19.3 Å².